The van der Waals surface area contributed by atoms with Crippen LogP contribution in [0.25, 0.3) is 0 Å². The molecule has 0 nitrogen and oxygen atoms in total. The Hall–Kier alpha value is 0.420. The molecule has 2 heteroatoms. The summed E-state index contributed by atoms with van der Waals surface area (Å²) in [4.78, 5) is 0. The second-order valence-corrected chi connectivity index (χ2v) is 7.30. The van der Waals surface area contributed by atoms with Gasteiger partial charge in [0, 0.05) is 0 Å². The zero-order valence-electron chi connectivity index (χ0n) is 6.14. The molecule has 2 saturated heterocycles. The summed E-state index contributed by atoms with van der Waals surface area (Å²) in [5.74, 6) is 0. The van der Waals surface area contributed by atoms with Gasteiger partial charge in [0.15, 0.2) is 0 Å². The van der Waals surface area contributed by atoms with Gasteiger partial charge in [-0.1, -0.05) is 11.3 Å². The van der Waals surface area contributed by atoms with Gasteiger partial charge in [-0.2, -0.15) is 0 Å². The minimum Gasteiger partial charge on any atom is -0.0721 e. The van der Waals surface area contributed by atoms with Crippen molar-refractivity contribution in [2.24, 2.45) is 0 Å². The van der Waals surface area contributed by atoms with E-state index >= 15 is 0 Å². The fourth-order valence-electron chi connectivity index (χ4n) is 0.997. The van der Waals surface area contributed by atoms with Crippen LogP contribution >= 0.6 is 15.8 Å². The summed E-state index contributed by atoms with van der Waals surface area (Å²) in [6.07, 6.45) is 8.71. The summed E-state index contributed by atoms with van der Waals surface area (Å²) in [5.41, 5.74) is 6.93. The van der Waals surface area contributed by atoms with Gasteiger partial charge in [0.1, 0.15) is 0 Å². The number of hydrogen-bond donors (Lipinski definition) is 0. The molecule has 0 aliphatic carbocycles. The molecule has 2 aliphatic heterocycles. The molecule has 0 aromatic heterocycles. The SMILES string of the molecule is C(#CP1CCC1)P1CCC1. The highest BCUT2D eigenvalue weighted by Crippen LogP contribution is 2.49. The van der Waals surface area contributed by atoms with Crippen molar-refractivity contribution in [3.8, 4) is 11.3 Å². The minimum absolute atomic E-state index is 0.253. The van der Waals surface area contributed by atoms with E-state index in [1.54, 1.807) is 0 Å². The molecular weight excluding hydrogens is 158 g/mol. The van der Waals surface area contributed by atoms with E-state index < -0.39 is 0 Å². The molecule has 2 fully saturated rings. The summed E-state index contributed by atoms with van der Waals surface area (Å²) in [6.45, 7) is 0. The summed E-state index contributed by atoms with van der Waals surface area (Å²) in [7, 11) is 0.506. The first-order chi connectivity index (χ1) is 4.95. The number of rotatable bonds is 0. The van der Waals surface area contributed by atoms with Crippen LogP contribution < -0.4 is 0 Å². The molecular formula is C8H12P2. The Morgan fingerprint density at radius 3 is 1.30 bits per heavy atom. The van der Waals surface area contributed by atoms with Crippen LogP contribution in [-0.4, -0.2) is 24.6 Å². The van der Waals surface area contributed by atoms with Gasteiger partial charge in [0.05, 0.1) is 0 Å². The van der Waals surface area contributed by atoms with Crippen molar-refractivity contribution in [2.45, 2.75) is 12.8 Å². The molecule has 0 aromatic rings. The Kier molecular flexibility index (Phi) is 2.28. The van der Waals surface area contributed by atoms with Gasteiger partial charge in [-0.25, -0.2) is 0 Å². The molecule has 2 aliphatic rings. The van der Waals surface area contributed by atoms with Crippen molar-refractivity contribution in [1.29, 1.82) is 0 Å². The molecule has 0 N–H and O–H groups in total. The summed E-state index contributed by atoms with van der Waals surface area (Å²) < 4.78 is 0. The second kappa shape index (κ2) is 3.21. The van der Waals surface area contributed by atoms with Gasteiger partial charge >= 0.3 is 0 Å². The van der Waals surface area contributed by atoms with E-state index in [2.05, 4.69) is 11.3 Å². The smallest absolute Gasteiger partial charge is 0.0210 e. The highest BCUT2D eigenvalue weighted by atomic mass is 31.1. The largest absolute Gasteiger partial charge is 0.0721 e. The van der Waals surface area contributed by atoms with Gasteiger partial charge in [-0.15, -0.1) is 0 Å². The monoisotopic (exact) mass is 170 g/mol. The first kappa shape index (κ1) is 7.09. The maximum absolute atomic E-state index is 3.46. The van der Waals surface area contributed by atoms with Crippen LogP contribution in [0.5, 0.6) is 0 Å². The molecule has 2 rings (SSSR count). The third-order valence-corrected chi connectivity index (χ3v) is 6.54. The first-order valence-electron chi connectivity index (χ1n) is 3.96. The Balaban J connectivity index is 1.77. The van der Waals surface area contributed by atoms with Crippen LogP contribution in [0.2, 0.25) is 0 Å². The van der Waals surface area contributed by atoms with Gasteiger partial charge in [-0.3, -0.25) is 0 Å². The molecule has 0 atom stereocenters. The van der Waals surface area contributed by atoms with Crippen LogP contribution in [0, 0.1) is 11.3 Å². The molecule has 54 valence electrons. The lowest BCUT2D eigenvalue weighted by Gasteiger charge is -2.22. The van der Waals surface area contributed by atoms with Crippen molar-refractivity contribution in [3.63, 3.8) is 0 Å². The first-order valence-corrected chi connectivity index (χ1v) is 7.39. The molecule has 0 amide bonds. The van der Waals surface area contributed by atoms with E-state index in [1.807, 2.05) is 0 Å². The Labute approximate surface area is 65.3 Å². The quantitative estimate of drug-likeness (QED) is 0.387. The Morgan fingerprint density at radius 2 is 1.10 bits per heavy atom. The third-order valence-electron chi connectivity index (χ3n) is 2.08. The molecule has 0 saturated carbocycles. The maximum Gasteiger partial charge on any atom is -0.0210 e. The highest BCUT2D eigenvalue weighted by Gasteiger charge is 2.16. The standard InChI is InChI=1S/C8H12P2/c1-3-9(4-1)7-8-10-5-2-6-10/h1-6H2. The molecule has 0 aromatic carbocycles. The second-order valence-electron chi connectivity index (χ2n) is 2.90. The molecule has 0 spiro atoms. The third kappa shape index (κ3) is 1.53. The van der Waals surface area contributed by atoms with E-state index in [0.717, 1.165) is 0 Å². The van der Waals surface area contributed by atoms with Crippen LogP contribution in [0.15, 0.2) is 0 Å². The van der Waals surface area contributed by atoms with E-state index in [1.165, 1.54) is 37.5 Å². The Bertz CT molecular complexity index is 151. The summed E-state index contributed by atoms with van der Waals surface area (Å²) >= 11 is 0. The lowest BCUT2D eigenvalue weighted by molar-refractivity contribution is 1.03. The van der Waals surface area contributed by atoms with Gasteiger partial charge in [0.25, 0.3) is 0 Å². The maximum atomic E-state index is 3.46. The predicted octanol–water partition coefficient (Wildman–Crippen LogP) is 2.68. The van der Waals surface area contributed by atoms with Crippen molar-refractivity contribution >= 4 is 15.8 Å². The van der Waals surface area contributed by atoms with Crippen LogP contribution in [0.4, 0.5) is 0 Å². The van der Waals surface area contributed by atoms with E-state index in [4.69, 9.17) is 0 Å². The average Bonchev–Trinajstić information content (AvgIpc) is 1.70. The van der Waals surface area contributed by atoms with Crippen molar-refractivity contribution < 1.29 is 0 Å². The lowest BCUT2D eigenvalue weighted by Crippen LogP contribution is -2.03. The van der Waals surface area contributed by atoms with Crippen molar-refractivity contribution in [2.75, 3.05) is 24.6 Å². The van der Waals surface area contributed by atoms with E-state index in [9.17, 15) is 0 Å². The fourth-order valence-corrected chi connectivity index (χ4v) is 3.84. The van der Waals surface area contributed by atoms with Gasteiger partial charge in [0.2, 0.25) is 0 Å². The predicted molar refractivity (Wildman–Crippen MR) is 50.3 cm³/mol. The minimum atomic E-state index is 0.253. The Morgan fingerprint density at radius 1 is 0.700 bits per heavy atom. The zero-order chi connectivity index (χ0) is 6.81. The van der Waals surface area contributed by atoms with Crippen molar-refractivity contribution in [1.82, 2.24) is 0 Å². The van der Waals surface area contributed by atoms with Crippen LogP contribution in [0.1, 0.15) is 12.8 Å². The number of hydrogen-bond acceptors (Lipinski definition) is 0. The van der Waals surface area contributed by atoms with Crippen LogP contribution in [-0.2, 0) is 0 Å². The van der Waals surface area contributed by atoms with Gasteiger partial charge in [-0.05, 0) is 53.3 Å². The average molecular weight is 170 g/mol. The van der Waals surface area contributed by atoms with Gasteiger partial charge < -0.3 is 0 Å². The normalized spacial score (nSPS) is 26.0. The highest BCUT2D eigenvalue weighted by molar-refractivity contribution is 7.68. The molecule has 0 unspecified atom stereocenters. The van der Waals surface area contributed by atoms with Crippen molar-refractivity contribution in [3.05, 3.63) is 0 Å². The van der Waals surface area contributed by atoms with Crippen LogP contribution in [0.3, 0.4) is 0 Å². The molecule has 2 heterocycles. The topological polar surface area (TPSA) is 0 Å². The molecule has 0 radical (unpaired) electrons. The van der Waals surface area contributed by atoms with E-state index in [0.29, 0.717) is 0 Å². The zero-order valence-corrected chi connectivity index (χ0v) is 7.93. The lowest BCUT2D eigenvalue weighted by atomic mass is 10.5. The van der Waals surface area contributed by atoms with E-state index in [-0.39, 0.29) is 15.8 Å². The molecule has 10 heavy (non-hydrogen) atoms. The molecule has 0 bridgehead atoms. The summed E-state index contributed by atoms with van der Waals surface area (Å²) in [5, 5.41) is 0. The summed E-state index contributed by atoms with van der Waals surface area (Å²) in [6, 6.07) is 0. The fraction of sp³-hybridized carbons (Fsp3) is 0.750.